The average molecular weight is 276 g/mol. The maximum absolute atomic E-state index is 12.9. The van der Waals surface area contributed by atoms with Gasteiger partial charge >= 0.3 is 0 Å². The number of hydrogen-bond donors (Lipinski definition) is 2. The van der Waals surface area contributed by atoms with Gasteiger partial charge in [0.2, 0.25) is 5.91 Å². The Morgan fingerprint density at radius 2 is 1.90 bits per heavy atom. The molecule has 5 nitrogen and oxygen atoms in total. The van der Waals surface area contributed by atoms with E-state index in [0.717, 1.165) is 0 Å². The topological polar surface area (TPSA) is 85.3 Å². The molecule has 0 fully saturated rings. The molecule has 0 radical (unpaired) electrons. The van der Waals surface area contributed by atoms with Crippen LogP contribution in [0.4, 0.5) is 4.39 Å². The highest BCUT2D eigenvalue weighted by atomic mass is 19.1. The first-order chi connectivity index (χ1) is 9.49. The van der Waals surface area contributed by atoms with Crippen LogP contribution in [-0.4, -0.2) is 11.8 Å². The van der Waals surface area contributed by atoms with Crippen LogP contribution in [0.1, 0.15) is 27.7 Å². The molecule has 1 aromatic heterocycles. The number of furan rings is 1. The summed E-state index contributed by atoms with van der Waals surface area (Å²) in [6, 6.07) is 5.65. The summed E-state index contributed by atoms with van der Waals surface area (Å²) < 4.78 is 17.9. The molecule has 2 amide bonds. The monoisotopic (exact) mass is 276 g/mol. The van der Waals surface area contributed by atoms with Gasteiger partial charge in [0.1, 0.15) is 17.6 Å². The highest BCUT2D eigenvalue weighted by Gasteiger charge is 2.22. The van der Waals surface area contributed by atoms with Gasteiger partial charge in [-0.2, -0.15) is 0 Å². The first-order valence-corrected chi connectivity index (χ1v) is 5.89. The van der Waals surface area contributed by atoms with E-state index in [1.807, 2.05) is 0 Å². The Bertz CT molecular complexity index is 634. The summed E-state index contributed by atoms with van der Waals surface area (Å²) >= 11 is 0. The Balaban J connectivity index is 2.22. The van der Waals surface area contributed by atoms with Gasteiger partial charge in [-0.15, -0.1) is 0 Å². The van der Waals surface area contributed by atoms with Crippen molar-refractivity contribution in [2.75, 3.05) is 0 Å². The van der Waals surface area contributed by atoms with Gasteiger partial charge in [-0.25, -0.2) is 4.39 Å². The predicted octanol–water partition coefficient (Wildman–Crippen LogP) is 1.68. The van der Waals surface area contributed by atoms with Gasteiger partial charge in [-0.05, 0) is 30.7 Å². The third-order valence-corrected chi connectivity index (χ3v) is 2.87. The van der Waals surface area contributed by atoms with E-state index in [1.54, 1.807) is 6.92 Å². The van der Waals surface area contributed by atoms with Crippen LogP contribution >= 0.6 is 0 Å². The smallest absolute Gasteiger partial charge is 0.255 e. The maximum Gasteiger partial charge on any atom is 0.255 e. The number of nitrogens with two attached hydrogens (primary N) is 1. The van der Waals surface area contributed by atoms with E-state index in [2.05, 4.69) is 5.32 Å². The molecule has 0 saturated heterocycles. The van der Waals surface area contributed by atoms with Crippen molar-refractivity contribution >= 4 is 11.8 Å². The highest BCUT2D eigenvalue weighted by Crippen LogP contribution is 2.16. The summed E-state index contributed by atoms with van der Waals surface area (Å²) in [7, 11) is 0. The van der Waals surface area contributed by atoms with E-state index >= 15 is 0 Å². The molecule has 0 saturated carbocycles. The SMILES string of the molecule is Cc1occc1C(=O)N[C@H](C(N)=O)c1ccc(F)cc1. The van der Waals surface area contributed by atoms with Crippen LogP contribution < -0.4 is 11.1 Å². The number of halogens is 1. The van der Waals surface area contributed by atoms with Crippen LogP contribution in [0.2, 0.25) is 0 Å². The third kappa shape index (κ3) is 2.85. The zero-order valence-electron chi connectivity index (χ0n) is 10.7. The van der Waals surface area contributed by atoms with Gasteiger partial charge in [0.05, 0.1) is 11.8 Å². The molecule has 1 aromatic carbocycles. The molecule has 1 atom stereocenters. The summed E-state index contributed by atoms with van der Waals surface area (Å²) in [5.74, 6) is -1.21. The van der Waals surface area contributed by atoms with E-state index in [9.17, 15) is 14.0 Å². The van der Waals surface area contributed by atoms with Crippen LogP contribution in [0.5, 0.6) is 0 Å². The lowest BCUT2D eigenvalue weighted by atomic mass is 10.1. The molecule has 20 heavy (non-hydrogen) atoms. The minimum absolute atomic E-state index is 0.318. The number of carbonyl (C=O) groups excluding carboxylic acids is 2. The van der Waals surface area contributed by atoms with Crippen LogP contribution in [0.25, 0.3) is 0 Å². The standard InChI is InChI=1S/C14H13FN2O3/c1-8-11(6-7-20-8)14(19)17-12(13(16)18)9-2-4-10(15)5-3-9/h2-7,12H,1H3,(H2,16,18)(H,17,19)/t12-/m0/s1. The van der Waals surface area contributed by atoms with Crippen molar-refractivity contribution in [3.63, 3.8) is 0 Å². The largest absolute Gasteiger partial charge is 0.469 e. The van der Waals surface area contributed by atoms with E-state index in [-0.39, 0.29) is 0 Å². The van der Waals surface area contributed by atoms with Crippen molar-refractivity contribution in [2.24, 2.45) is 5.73 Å². The van der Waals surface area contributed by atoms with Gasteiger partial charge in [0.25, 0.3) is 5.91 Å². The fourth-order valence-corrected chi connectivity index (χ4v) is 1.80. The van der Waals surface area contributed by atoms with Crippen molar-refractivity contribution in [3.05, 3.63) is 59.3 Å². The van der Waals surface area contributed by atoms with Gasteiger partial charge in [-0.3, -0.25) is 9.59 Å². The number of benzene rings is 1. The molecular formula is C14H13FN2O3. The number of hydrogen-bond acceptors (Lipinski definition) is 3. The van der Waals surface area contributed by atoms with Crippen molar-refractivity contribution in [3.8, 4) is 0 Å². The van der Waals surface area contributed by atoms with E-state index < -0.39 is 23.7 Å². The third-order valence-electron chi connectivity index (χ3n) is 2.87. The zero-order chi connectivity index (χ0) is 14.7. The minimum atomic E-state index is -1.03. The molecule has 6 heteroatoms. The van der Waals surface area contributed by atoms with Crippen LogP contribution in [0.3, 0.4) is 0 Å². The number of rotatable bonds is 4. The summed E-state index contributed by atoms with van der Waals surface area (Å²) in [5, 5.41) is 2.50. The fraction of sp³-hybridized carbons (Fsp3) is 0.143. The Labute approximate surface area is 114 Å². The average Bonchev–Trinajstić information content (AvgIpc) is 2.83. The lowest BCUT2D eigenvalue weighted by molar-refractivity contribution is -0.120. The minimum Gasteiger partial charge on any atom is -0.469 e. The molecule has 0 bridgehead atoms. The summed E-state index contributed by atoms with van der Waals surface area (Å²) in [5.41, 5.74) is 6.00. The van der Waals surface area contributed by atoms with Crippen molar-refractivity contribution in [1.82, 2.24) is 5.32 Å². The van der Waals surface area contributed by atoms with Crippen LogP contribution in [0, 0.1) is 12.7 Å². The predicted molar refractivity (Wildman–Crippen MR) is 69.2 cm³/mol. The van der Waals surface area contributed by atoms with Gasteiger partial charge < -0.3 is 15.5 Å². The van der Waals surface area contributed by atoms with E-state index in [0.29, 0.717) is 16.9 Å². The molecule has 2 aromatic rings. The normalized spacial score (nSPS) is 11.9. The lowest BCUT2D eigenvalue weighted by Crippen LogP contribution is -2.37. The molecule has 104 valence electrons. The van der Waals surface area contributed by atoms with Gasteiger partial charge in [-0.1, -0.05) is 12.1 Å². The van der Waals surface area contributed by atoms with Crippen LogP contribution in [-0.2, 0) is 4.79 Å². The van der Waals surface area contributed by atoms with E-state index in [1.165, 1.54) is 36.6 Å². The zero-order valence-corrected chi connectivity index (χ0v) is 10.7. The second-order valence-electron chi connectivity index (χ2n) is 4.25. The molecule has 0 unspecified atom stereocenters. The van der Waals surface area contributed by atoms with Crippen LogP contribution in [0.15, 0.2) is 41.0 Å². The molecular weight excluding hydrogens is 263 g/mol. The van der Waals surface area contributed by atoms with E-state index in [4.69, 9.17) is 10.2 Å². The molecule has 0 aliphatic rings. The second-order valence-corrected chi connectivity index (χ2v) is 4.25. The summed E-state index contributed by atoms with van der Waals surface area (Å²) in [6.07, 6.45) is 1.38. The maximum atomic E-state index is 12.9. The molecule has 1 heterocycles. The Kier molecular flexibility index (Phi) is 3.84. The Morgan fingerprint density at radius 3 is 2.40 bits per heavy atom. The summed E-state index contributed by atoms with van der Waals surface area (Å²) in [4.78, 5) is 23.5. The van der Waals surface area contributed by atoms with Crippen molar-refractivity contribution in [1.29, 1.82) is 0 Å². The summed E-state index contributed by atoms with van der Waals surface area (Å²) in [6.45, 7) is 1.63. The molecule has 0 spiro atoms. The van der Waals surface area contributed by atoms with Gasteiger partial charge in [0.15, 0.2) is 0 Å². The highest BCUT2D eigenvalue weighted by molar-refractivity contribution is 5.98. The van der Waals surface area contributed by atoms with Crippen molar-refractivity contribution in [2.45, 2.75) is 13.0 Å². The number of carbonyl (C=O) groups is 2. The van der Waals surface area contributed by atoms with Crippen molar-refractivity contribution < 1.29 is 18.4 Å². The first kappa shape index (κ1) is 13.8. The molecule has 2 rings (SSSR count). The fourth-order valence-electron chi connectivity index (χ4n) is 1.80. The molecule has 0 aliphatic carbocycles. The Hall–Kier alpha value is -2.63. The number of amides is 2. The molecule has 3 N–H and O–H groups in total. The Morgan fingerprint density at radius 1 is 1.25 bits per heavy atom. The second kappa shape index (κ2) is 5.56. The number of nitrogens with one attached hydrogen (secondary N) is 1. The lowest BCUT2D eigenvalue weighted by Gasteiger charge is -2.15. The first-order valence-electron chi connectivity index (χ1n) is 5.89. The number of primary amides is 1. The quantitative estimate of drug-likeness (QED) is 0.891. The van der Waals surface area contributed by atoms with Gasteiger partial charge in [0, 0.05) is 0 Å². The molecule has 0 aliphatic heterocycles. The number of aryl methyl sites for hydroxylation is 1.